The van der Waals surface area contributed by atoms with Crippen molar-refractivity contribution in [1.82, 2.24) is 4.98 Å². The molecule has 0 unspecified atom stereocenters. The molecule has 0 fully saturated rings. The molecule has 3 aromatic heterocycles. The molecule has 3 heterocycles. The van der Waals surface area contributed by atoms with Gasteiger partial charge in [-0.15, -0.1) is 11.3 Å². The van der Waals surface area contributed by atoms with Crippen LogP contribution in [0.2, 0.25) is 0 Å². The molecule has 3 nitrogen and oxygen atoms in total. The maximum Gasteiger partial charge on any atom is 0.162 e. The van der Waals surface area contributed by atoms with Gasteiger partial charge in [-0.05, 0) is 71.1 Å². The van der Waals surface area contributed by atoms with Gasteiger partial charge >= 0.3 is 0 Å². The van der Waals surface area contributed by atoms with E-state index in [0.29, 0.717) is 0 Å². The topological polar surface area (TPSA) is 29.3 Å². The van der Waals surface area contributed by atoms with Crippen molar-refractivity contribution in [2.75, 3.05) is 4.90 Å². The molecule has 5 aromatic carbocycles. The Bertz CT molecular complexity index is 2410. The summed E-state index contributed by atoms with van der Waals surface area (Å²) >= 11 is 1.83. The lowest BCUT2D eigenvalue weighted by molar-refractivity contribution is 0.669. The second-order valence-electron chi connectivity index (χ2n) is 11.1. The first kappa shape index (κ1) is 24.4. The van der Waals surface area contributed by atoms with Crippen LogP contribution in [0.5, 0.6) is 0 Å². The Morgan fingerprint density at radius 2 is 1.51 bits per heavy atom. The second kappa shape index (κ2) is 9.69. The fourth-order valence-electron chi connectivity index (χ4n) is 6.62. The van der Waals surface area contributed by atoms with Crippen LogP contribution in [0.25, 0.3) is 58.5 Å². The Labute approximate surface area is 252 Å². The minimum absolute atomic E-state index is 0.835. The SMILES string of the molecule is C1=CCCC(c2ccc(N(c3cncc4c3oc3ccc5ccccc5c34)c3cccc4sc5ccccc5c34)cc2)=C1. The number of fused-ring (bicyclic) bond motifs is 8. The molecule has 43 heavy (non-hydrogen) atoms. The van der Waals surface area contributed by atoms with E-state index in [-0.39, 0.29) is 0 Å². The Hall–Kier alpha value is -5.19. The third-order valence-corrected chi connectivity index (χ3v) is 9.76. The number of hydrogen-bond donors (Lipinski definition) is 0. The number of furan rings is 1. The van der Waals surface area contributed by atoms with Gasteiger partial charge in [0.15, 0.2) is 5.58 Å². The summed E-state index contributed by atoms with van der Waals surface area (Å²) in [6, 6.07) is 37.0. The molecular formula is C39H26N2OS. The predicted octanol–water partition coefficient (Wildman–Crippen LogP) is 11.7. The minimum Gasteiger partial charge on any atom is -0.454 e. The highest BCUT2D eigenvalue weighted by Gasteiger charge is 2.23. The Morgan fingerprint density at radius 3 is 2.40 bits per heavy atom. The number of aromatic nitrogens is 1. The lowest BCUT2D eigenvalue weighted by atomic mass is 9.97. The van der Waals surface area contributed by atoms with Gasteiger partial charge in [-0.3, -0.25) is 4.98 Å². The molecule has 204 valence electrons. The predicted molar refractivity (Wildman–Crippen MR) is 183 cm³/mol. The average molecular weight is 571 g/mol. The number of thiophene rings is 1. The number of anilines is 3. The van der Waals surface area contributed by atoms with Crippen molar-refractivity contribution in [2.45, 2.75) is 12.8 Å². The third-order valence-electron chi connectivity index (χ3n) is 8.62. The van der Waals surface area contributed by atoms with Gasteiger partial charge in [0.1, 0.15) is 11.3 Å². The fraction of sp³-hybridized carbons (Fsp3) is 0.0513. The Morgan fingerprint density at radius 1 is 0.674 bits per heavy atom. The second-order valence-corrected chi connectivity index (χ2v) is 12.2. The number of allylic oxidation sites excluding steroid dienone is 4. The molecule has 4 heteroatoms. The molecule has 0 saturated carbocycles. The van der Waals surface area contributed by atoms with Crippen molar-refractivity contribution >= 4 is 86.9 Å². The molecule has 0 aliphatic heterocycles. The van der Waals surface area contributed by atoms with Crippen molar-refractivity contribution in [1.29, 1.82) is 0 Å². The molecule has 0 bridgehead atoms. The van der Waals surface area contributed by atoms with E-state index in [1.165, 1.54) is 42.1 Å². The van der Waals surface area contributed by atoms with Crippen LogP contribution in [-0.2, 0) is 0 Å². The summed E-state index contributed by atoms with van der Waals surface area (Å²) in [5.74, 6) is 0. The van der Waals surface area contributed by atoms with Crippen molar-refractivity contribution in [2.24, 2.45) is 0 Å². The molecule has 0 radical (unpaired) electrons. The normalized spacial score (nSPS) is 13.4. The fourth-order valence-corrected chi connectivity index (χ4v) is 7.75. The van der Waals surface area contributed by atoms with Crippen LogP contribution in [0, 0.1) is 0 Å². The highest BCUT2D eigenvalue weighted by Crippen LogP contribution is 2.47. The van der Waals surface area contributed by atoms with Gasteiger partial charge in [0.2, 0.25) is 0 Å². The van der Waals surface area contributed by atoms with Gasteiger partial charge in [0.05, 0.1) is 11.9 Å². The summed E-state index contributed by atoms with van der Waals surface area (Å²) < 4.78 is 9.26. The lowest BCUT2D eigenvalue weighted by Gasteiger charge is -2.26. The van der Waals surface area contributed by atoms with E-state index < -0.39 is 0 Å². The summed E-state index contributed by atoms with van der Waals surface area (Å²) in [4.78, 5) is 7.15. The van der Waals surface area contributed by atoms with Crippen LogP contribution in [0.1, 0.15) is 18.4 Å². The zero-order chi connectivity index (χ0) is 28.3. The largest absolute Gasteiger partial charge is 0.454 e. The average Bonchev–Trinajstić information content (AvgIpc) is 3.65. The first-order valence-corrected chi connectivity index (χ1v) is 15.5. The minimum atomic E-state index is 0.835. The number of pyridine rings is 1. The summed E-state index contributed by atoms with van der Waals surface area (Å²) in [6.07, 6.45) is 12.7. The van der Waals surface area contributed by atoms with E-state index >= 15 is 0 Å². The van der Waals surface area contributed by atoms with Crippen molar-refractivity contribution in [3.63, 3.8) is 0 Å². The third kappa shape index (κ3) is 3.84. The van der Waals surface area contributed by atoms with Crippen LogP contribution in [0.3, 0.4) is 0 Å². The van der Waals surface area contributed by atoms with Gasteiger partial charge < -0.3 is 9.32 Å². The summed E-state index contributed by atoms with van der Waals surface area (Å²) in [7, 11) is 0. The van der Waals surface area contributed by atoms with Gasteiger partial charge in [-0.2, -0.15) is 0 Å². The van der Waals surface area contributed by atoms with E-state index in [2.05, 4.69) is 126 Å². The highest BCUT2D eigenvalue weighted by molar-refractivity contribution is 7.26. The number of hydrogen-bond acceptors (Lipinski definition) is 4. The summed E-state index contributed by atoms with van der Waals surface area (Å²) in [6.45, 7) is 0. The van der Waals surface area contributed by atoms with Crippen LogP contribution in [0.15, 0.2) is 138 Å². The van der Waals surface area contributed by atoms with Gasteiger partial charge in [-0.1, -0.05) is 85.0 Å². The van der Waals surface area contributed by atoms with Crippen LogP contribution >= 0.6 is 11.3 Å². The zero-order valence-corrected chi connectivity index (χ0v) is 24.1. The van der Waals surface area contributed by atoms with Crippen LogP contribution in [-0.4, -0.2) is 4.98 Å². The Balaban J connectivity index is 1.33. The maximum absolute atomic E-state index is 6.72. The van der Waals surface area contributed by atoms with Crippen molar-refractivity contribution in [3.05, 3.63) is 139 Å². The van der Waals surface area contributed by atoms with E-state index in [1.54, 1.807) is 0 Å². The summed E-state index contributed by atoms with van der Waals surface area (Å²) in [5.41, 5.74) is 7.45. The number of rotatable bonds is 4. The standard InChI is InChI=1S/C39H26N2OS/c1-2-9-25(10-3-1)26-17-20-28(21-18-26)41(32-14-8-16-36-38(32)30-13-6-7-15-35(30)43-36)33-24-40-23-31-37-29-12-5-4-11-27(29)19-22-34(37)42-39(31)33/h1-2,4-9,11-24H,3,10H2. The molecule has 0 spiro atoms. The molecular weight excluding hydrogens is 545 g/mol. The molecule has 1 aliphatic carbocycles. The zero-order valence-electron chi connectivity index (χ0n) is 23.3. The van der Waals surface area contributed by atoms with E-state index in [1.807, 2.05) is 23.7 Å². The quantitative estimate of drug-likeness (QED) is 0.211. The van der Waals surface area contributed by atoms with E-state index in [0.717, 1.165) is 51.8 Å². The molecule has 8 aromatic rings. The molecule has 0 N–H and O–H groups in total. The van der Waals surface area contributed by atoms with Crippen LogP contribution in [0.4, 0.5) is 17.1 Å². The van der Waals surface area contributed by atoms with Gasteiger partial charge in [0.25, 0.3) is 0 Å². The number of nitrogens with zero attached hydrogens (tertiary/aromatic N) is 2. The first-order chi connectivity index (χ1) is 21.3. The number of benzene rings is 5. The lowest BCUT2D eigenvalue weighted by Crippen LogP contribution is -2.11. The molecule has 0 atom stereocenters. The first-order valence-electron chi connectivity index (χ1n) is 14.7. The van der Waals surface area contributed by atoms with E-state index in [9.17, 15) is 0 Å². The van der Waals surface area contributed by atoms with E-state index in [4.69, 9.17) is 9.40 Å². The molecule has 0 amide bonds. The Kier molecular flexibility index (Phi) is 5.50. The van der Waals surface area contributed by atoms with Gasteiger partial charge in [0, 0.05) is 42.8 Å². The monoisotopic (exact) mass is 570 g/mol. The summed E-state index contributed by atoms with van der Waals surface area (Å²) in [5, 5.41) is 6.99. The highest BCUT2D eigenvalue weighted by atomic mass is 32.1. The van der Waals surface area contributed by atoms with Gasteiger partial charge in [-0.25, -0.2) is 0 Å². The molecule has 1 aliphatic rings. The van der Waals surface area contributed by atoms with Crippen LogP contribution < -0.4 is 4.90 Å². The van der Waals surface area contributed by atoms with Crippen molar-refractivity contribution in [3.8, 4) is 0 Å². The smallest absolute Gasteiger partial charge is 0.162 e. The molecule has 0 saturated heterocycles. The maximum atomic E-state index is 6.72. The van der Waals surface area contributed by atoms with Crippen molar-refractivity contribution < 1.29 is 4.42 Å². The molecule has 9 rings (SSSR count).